The number of amides is 1. The zero-order valence-corrected chi connectivity index (χ0v) is 27.9. The number of esters is 4. The summed E-state index contributed by atoms with van der Waals surface area (Å²) in [6, 6.07) is 2.24. The minimum atomic E-state index is -0.919. The number of ketones is 2. The lowest BCUT2D eigenvalue weighted by Gasteiger charge is -2.14. The van der Waals surface area contributed by atoms with E-state index < -0.39 is 41.5 Å². The minimum Gasteiger partial charge on any atom is -0.498 e. The van der Waals surface area contributed by atoms with Crippen LogP contribution < -0.4 is 5.32 Å². The number of nitrogens with one attached hydrogen (secondary N) is 1. The van der Waals surface area contributed by atoms with E-state index in [4.69, 9.17) is 28.4 Å². The van der Waals surface area contributed by atoms with Crippen molar-refractivity contribution < 1.29 is 62.0 Å². The van der Waals surface area contributed by atoms with Crippen molar-refractivity contribution in [2.75, 3.05) is 46.2 Å². The number of hydrogen-bond acceptors (Lipinski definition) is 13. The number of benzene rings is 1. The van der Waals surface area contributed by atoms with Gasteiger partial charge in [0.2, 0.25) is 0 Å². The van der Waals surface area contributed by atoms with E-state index in [1.165, 1.54) is 20.8 Å². The zero-order valence-electron chi connectivity index (χ0n) is 27.9. The van der Waals surface area contributed by atoms with Crippen molar-refractivity contribution in [3.63, 3.8) is 0 Å². The van der Waals surface area contributed by atoms with Gasteiger partial charge in [-0.1, -0.05) is 19.7 Å². The van der Waals surface area contributed by atoms with E-state index in [9.17, 15) is 33.6 Å². The van der Waals surface area contributed by atoms with E-state index in [1.807, 2.05) is 0 Å². The van der Waals surface area contributed by atoms with E-state index in [1.54, 1.807) is 6.92 Å². The standard InChI is InChI=1S/C34H43NO13/c1-21(2)30(38)44-13-8-11-23(5)43-14-9-15-45-32(40)28-19-27(25(7)37)29(20-26(28)24(6)36)33(41)46-16-10-17-48-34(42)35-12-18-47-31(39)22(3)4/h19-20H,1,3,5,8-18H2,2,4,6-7H3,(H,35,42). The summed E-state index contributed by atoms with van der Waals surface area (Å²) in [4.78, 5) is 84.8. The monoisotopic (exact) mass is 673 g/mol. The zero-order chi connectivity index (χ0) is 36.2. The molecule has 1 amide bonds. The van der Waals surface area contributed by atoms with Crippen LogP contribution in [0, 0.1) is 0 Å². The third-order valence-corrected chi connectivity index (χ3v) is 6.07. The van der Waals surface area contributed by atoms with Gasteiger partial charge in [0, 0.05) is 41.5 Å². The van der Waals surface area contributed by atoms with Gasteiger partial charge in [0.05, 0.1) is 56.5 Å². The molecule has 14 nitrogen and oxygen atoms in total. The molecule has 262 valence electrons. The summed E-state index contributed by atoms with van der Waals surface area (Å²) in [6.07, 6.45) is 0.607. The van der Waals surface area contributed by atoms with E-state index in [0.717, 1.165) is 12.1 Å². The van der Waals surface area contributed by atoms with Crippen molar-refractivity contribution in [3.8, 4) is 0 Å². The third kappa shape index (κ3) is 15.3. The molecule has 0 spiro atoms. The number of carbonyl (C=O) groups is 7. The van der Waals surface area contributed by atoms with Crippen LogP contribution in [0.5, 0.6) is 0 Å². The number of alkyl carbamates (subject to hydrolysis) is 1. The average Bonchev–Trinajstić information content (AvgIpc) is 3.03. The molecule has 1 aromatic carbocycles. The van der Waals surface area contributed by atoms with E-state index in [-0.39, 0.29) is 80.4 Å². The number of rotatable bonds is 22. The number of allylic oxidation sites excluding steroid dienone is 1. The van der Waals surface area contributed by atoms with Gasteiger partial charge >= 0.3 is 30.0 Å². The molecule has 1 N–H and O–H groups in total. The Kier molecular flexibility index (Phi) is 18.3. The molecule has 0 aromatic heterocycles. The van der Waals surface area contributed by atoms with Crippen molar-refractivity contribution in [2.45, 2.75) is 53.4 Å². The number of Topliss-reactive ketones (excluding diaryl/α,β-unsaturated/α-hetero) is 2. The maximum Gasteiger partial charge on any atom is 0.407 e. The summed E-state index contributed by atoms with van der Waals surface area (Å²) < 4.78 is 30.8. The lowest BCUT2D eigenvalue weighted by molar-refractivity contribution is -0.139. The van der Waals surface area contributed by atoms with Gasteiger partial charge in [0.25, 0.3) is 0 Å². The molecule has 0 aliphatic heterocycles. The van der Waals surface area contributed by atoms with Gasteiger partial charge in [-0.25, -0.2) is 24.0 Å². The van der Waals surface area contributed by atoms with Gasteiger partial charge in [-0.2, -0.15) is 0 Å². The Balaban J connectivity index is 2.61. The normalized spacial score (nSPS) is 10.2. The molecule has 48 heavy (non-hydrogen) atoms. The first-order chi connectivity index (χ1) is 22.6. The summed E-state index contributed by atoms with van der Waals surface area (Å²) in [5.41, 5.74) is -0.146. The molecular weight excluding hydrogens is 630 g/mol. The van der Waals surface area contributed by atoms with E-state index >= 15 is 0 Å². The molecule has 0 bridgehead atoms. The number of hydrogen-bond donors (Lipinski definition) is 1. The summed E-state index contributed by atoms with van der Waals surface area (Å²) in [5.74, 6) is -3.48. The molecule has 0 aliphatic carbocycles. The van der Waals surface area contributed by atoms with Crippen LogP contribution in [-0.4, -0.2) is 87.7 Å². The lowest BCUT2D eigenvalue weighted by Crippen LogP contribution is -2.29. The van der Waals surface area contributed by atoms with E-state index in [0.29, 0.717) is 30.6 Å². The quantitative estimate of drug-likeness (QED) is 0.0454. The smallest absolute Gasteiger partial charge is 0.407 e. The maximum absolute atomic E-state index is 12.9. The second-order valence-electron chi connectivity index (χ2n) is 10.4. The first kappa shape index (κ1) is 40.8. The Morgan fingerprint density at radius 2 is 0.958 bits per heavy atom. The molecule has 0 heterocycles. The van der Waals surface area contributed by atoms with Gasteiger partial charge in [-0.05, 0) is 46.2 Å². The Bertz CT molecular complexity index is 1300. The summed E-state index contributed by atoms with van der Waals surface area (Å²) in [5, 5.41) is 2.38. The highest BCUT2D eigenvalue weighted by atomic mass is 16.6. The van der Waals surface area contributed by atoms with Crippen molar-refractivity contribution in [1.29, 1.82) is 0 Å². The highest BCUT2D eigenvalue weighted by Crippen LogP contribution is 2.21. The molecule has 0 atom stereocenters. The predicted molar refractivity (Wildman–Crippen MR) is 171 cm³/mol. The van der Waals surface area contributed by atoms with Crippen molar-refractivity contribution in [1.82, 2.24) is 5.32 Å². The molecule has 1 rings (SSSR count). The van der Waals surface area contributed by atoms with Gasteiger partial charge < -0.3 is 33.7 Å². The van der Waals surface area contributed by atoms with Crippen molar-refractivity contribution >= 4 is 41.5 Å². The molecule has 0 unspecified atom stereocenters. The molecule has 14 heteroatoms. The first-order valence-corrected chi connectivity index (χ1v) is 15.1. The summed E-state index contributed by atoms with van der Waals surface area (Å²) in [7, 11) is 0. The molecule has 0 saturated carbocycles. The van der Waals surface area contributed by atoms with Crippen LogP contribution in [0.2, 0.25) is 0 Å². The lowest BCUT2D eigenvalue weighted by atomic mass is 9.94. The molecule has 0 fully saturated rings. The summed E-state index contributed by atoms with van der Waals surface area (Å²) >= 11 is 0. The van der Waals surface area contributed by atoms with Crippen LogP contribution >= 0.6 is 0 Å². The first-order valence-electron chi connectivity index (χ1n) is 15.1. The fourth-order valence-corrected chi connectivity index (χ4v) is 3.61. The third-order valence-electron chi connectivity index (χ3n) is 6.07. The maximum atomic E-state index is 12.9. The molecule has 0 radical (unpaired) electrons. The summed E-state index contributed by atoms with van der Waals surface area (Å²) in [6.45, 7) is 16.1. The number of carbonyl (C=O) groups excluding carboxylic acids is 7. The van der Waals surface area contributed by atoms with Gasteiger partial charge in [-0.3, -0.25) is 9.59 Å². The van der Waals surface area contributed by atoms with Crippen molar-refractivity contribution in [3.05, 3.63) is 71.0 Å². The number of ether oxygens (including phenoxy) is 6. The van der Waals surface area contributed by atoms with Crippen LogP contribution in [-0.2, 0) is 38.0 Å². The van der Waals surface area contributed by atoms with Crippen molar-refractivity contribution in [2.24, 2.45) is 0 Å². The second kappa shape index (κ2) is 21.5. The fourth-order valence-electron chi connectivity index (χ4n) is 3.61. The Morgan fingerprint density at radius 3 is 1.42 bits per heavy atom. The SMILES string of the molecule is C=C(CCCOC(=O)C(=C)C)OCCCOC(=O)c1cc(C(C)=O)c(C(=O)OCCCOC(=O)NCCOC(=O)C(=C)C)cc1C(C)=O. The Morgan fingerprint density at radius 1 is 0.542 bits per heavy atom. The van der Waals surface area contributed by atoms with Crippen LogP contribution in [0.1, 0.15) is 94.8 Å². The highest BCUT2D eigenvalue weighted by molar-refractivity contribution is 6.12. The van der Waals surface area contributed by atoms with Crippen LogP contribution in [0.15, 0.2) is 48.8 Å². The van der Waals surface area contributed by atoms with E-state index in [2.05, 4.69) is 25.1 Å². The largest absolute Gasteiger partial charge is 0.498 e. The molecule has 1 aromatic rings. The average molecular weight is 674 g/mol. The Labute approximate surface area is 279 Å². The van der Waals surface area contributed by atoms with Gasteiger partial charge in [0.1, 0.15) is 6.61 Å². The molecule has 0 saturated heterocycles. The topological polar surface area (TPSA) is 187 Å². The molecule has 0 aliphatic rings. The Hall–Kier alpha value is -5.27. The highest BCUT2D eigenvalue weighted by Gasteiger charge is 2.25. The predicted octanol–water partition coefficient (Wildman–Crippen LogP) is 4.46. The van der Waals surface area contributed by atoms with Gasteiger partial charge in [-0.15, -0.1) is 0 Å². The second-order valence-corrected chi connectivity index (χ2v) is 10.4. The van der Waals surface area contributed by atoms with Crippen LogP contribution in [0.4, 0.5) is 4.79 Å². The minimum absolute atomic E-state index is 0.0201. The van der Waals surface area contributed by atoms with Crippen LogP contribution in [0.25, 0.3) is 0 Å². The van der Waals surface area contributed by atoms with Crippen LogP contribution in [0.3, 0.4) is 0 Å². The van der Waals surface area contributed by atoms with Gasteiger partial charge in [0.15, 0.2) is 11.6 Å². The molecular formula is C34H43NO13. The fraction of sp³-hybridized carbons (Fsp3) is 0.441.